The van der Waals surface area contributed by atoms with Crippen LogP contribution >= 0.6 is 0 Å². The Morgan fingerprint density at radius 2 is 1.91 bits per heavy atom. The van der Waals surface area contributed by atoms with E-state index >= 15 is 0 Å². The summed E-state index contributed by atoms with van der Waals surface area (Å²) in [6.07, 6.45) is -4.64. The number of methoxy groups -OCH3 is 1. The van der Waals surface area contributed by atoms with Gasteiger partial charge in [-0.2, -0.15) is 13.2 Å². The molecule has 0 saturated carbocycles. The molecule has 2 rings (SSSR count). The Bertz CT molecular complexity index is 541. The summed E-state index contributed by atoms with van der Waals surface area (Å²) in [4.78, 5) is 11.5. The molecule has 1 saturated heterocycles. The first-order valence-electron chi connectivity index (χ1n) is 6.92. The molecule has 22 heavy (non-hydrogen) atoms. The fourth-order valence-corrected chi connectivity index (χ4v) is 2.64. The zero-order valence-electron chi connectivity index (χ0n) is 12.7. The SMILES string of the molecule is COc1ccc(CC(N2NC(=O)CC2(C)C)C(F)(F)F)cc1. The lowest BCUT2D eigenvalue weighted by Crippen LogP contribution is -2.57. The maximum Gasteiger partial charge on any atom is 0.406 e. The highest BCUT2D eigenvalue weighted by Gasteiger charge is 2.51. The normalized spacial score (nSPS) is 19.8. The van der Waals surface area contributed by atoms with Crippen molar-refractivity contribution in [1.29, 1.82) is 0 Å². The molecule has 0 bridgehead atoms. The van der Waals surface area contributed by atoms with Gasteiger partial charge in [0.15, 0.2) is 0 Å². The van der Waals surface area contributed by atoms with Crippen molar-refractivity contribution in [2.24, 2.45) is 0 Å². The quantitative estimate of drug-likeness (QED) is 0.928. The average Bonchev–Trinajstić information content (AvgIpc) is 2.68. The first kappa shape index (κ1) is 16.6. The van der Waals surface area contributed by atoms with Crippen molar-refractivity contribution < 1.29 is 22.7 Å². The fourth-order valence-electron chi connectivity index (χ4n) is 2.64. The highest BCUT2D eigenvalue weighted by atomic mass is 19.4. The summed E-state index contributed by atoms with van der Waals surface area (Å²) in [6.45, 7) is 3.25. The molecule has 0 radical (unpaired) electrons. The molecule has 1 amide bonds. The number of hydrogen-bond acceptors (Lipinski definition) is 3. The summed E-state index contributed by atoms with van der Waals surface area (Å²) in [7, 11) is 1.50. The molecule has 1 aliphatic heterocycles. The fraction of sp³-hybridized carbons (Fsp3) is 0.533. The second kappa shape index (κ2) is 5.79. The van der Waals surface area contributed by atoms with Crippen molar-refractivity contribution in [1.82, 2.24) is 10.4 Å². The Balaban J connectivity index is 2.25. The molecule has 1 aromatic carbocycles. The smallest absolute Gasteiger partial charge is 0.406 e. The Kier molecular flexibility index (Phi) is 4.37. The number of alkyl halides is 3. The summed E-state index contributed by atoms with van der Waals surface area (Å²) in [5, 5.41) is 1.03. The van der Waals surface area contributed by atoms with Crippen LogP contribution < -0.4 is 10.2 Å². The molecule has 0 aliphatic carbocycles. The molecule has 1 atom stereocenters. The lowest BCUT2D eigenvalue weighted by Gasteiger charge is -2.37. The Hall–Kier alpha value is -1.76. The van der Waals surface area contributed by atoms with E-state index in [4.69, 9.17) is 4.74 Å². The van der Waals surface area contributed by atoms with Crippen LogP contribution in [0.15, 0.2) is 24.3 Å². The van der Waals surface area contributed by atoms with Crippen molar-refractivity contribution in [2.75, 3.05) is 7.11 Å². The third-order valence-corrected chi connectivity index (χ3v) is 3.77. The van der Waals surface area contributed by atoms with E-state index in [1.807, 2.05) is 0 Å². The van der Waals surface area contributed by atoms with E-state index in [0.29, 0.717) is 11.3 Å². The minimum atomic E-state index is -4.45. The van der Waals surface area contributed by atoms with Crippen LogP contribution in [-0.4, -0.2) is 35.8 Å². The lowest BCUT2D eigenvalue weighted by molar-refractivity contribution is -0.200. The number of ether oxygens (including phenoxy) is 1. The molecular formula is C15H19F3N2O2. The van der Waals surface area contributed by atoms with Gasteiger partial charge < -0.3 is 4.74 Å². The monoisotopic (exact) mass is 316 g/mol. The maximum atomic E-state index is 13.5. The van der Waals surface area contributed by atoms with Crippen molar-refractivity contribution >= 4 is 5.91 Å². The number of hydrogen-bond donors (Lipinski definition) is 1. The van der Waals surface area contributed by atoms with Crippen molar-refractivity contribution in [3.05, 3.63) is 29.8 Å². The van der Waals surface area contributed by atoms with Crippen LogP contribution in [0.4, 0.5) is 13.2 Å². The highest BCUT2D eigenvalue weighted by molar-refractivity contribution is 5.78. The van der Waals surface area contributed by atoms with Crippen LogP contribution in [0.25, 0.3) is 0 Å². The molecular weight excluding hydrogens is 297 g/mol. The third kappa shape index (κ3) is 3.52. The molecule has 1 fully saturated rings. The molecule has 1 aliphatic rings. The number of carbonyl (C=O) groups excluding carboxylic acids is 1. The molecule has 0 spiro atoms. The van der Waals surface area contributed by atoms with Gasteiger partial charge in [0.2, 0.25) is 5.91 Å². The number of halogens is 3. The second-order valence-electron chi connectivity index (χ2n) is 6.00. The average molecular weight is 316 g/mol. The van der Waals surface area contributed by atoms with E-state index in [2.05, 4.69) is 5.43 Å². The lowest BCUT2D eigenvalue weighted by atomic mass is 9.97. The third-order valence-electron chi connectivity index (χ3n) is 3.77. The van der Waals surface area contributed by atoms with E-state index in [9.17, 15) is 18.0 Å². The highest BCUT2D eigenvalue weighted by Crippen LogP contribution is 2.35. The zero-order chi connectivity index (χ0) is 16.5. The molecule has 1 heterocycles. The molecule has 1 aromatic rings. The van der Waals surface area contributed by atoms with Gasteiger partial charge in [-0.25, -0.2) is 5.01 Å². The number of hydrazine groups is 1. The number of amides is 1. The summed E-state index contributed by atoms with van der Waals surface area (Å²) in [6, 6.07) is 4.67. The van der Waals surface area contributed by atoms with Gasteiger partial charge in [-0.05, 0) is 38.0 Å². The molecule has 4 nitrogen and oxygen atoms in total. The minimum absolute atomic E-state index is 0.0438. The maximum absolute atomic E-state index is 13.5. The number of nitrogens with zero attached hydrogens (tertiary/aromatic N) is 1. The summed E-state index contributed by atoms with van der Waals surface area (Å²) in [5.41, 5.74) is 1.99. The molecule has 0 aromatic heterocycles. The second-order valence-corrected chi connectivity index (χ2v) is 6.00. The van der Waals surface area contributed by atoms with E-state index in [1.54, 1.807) is 38.1 Å². The van der Waals surface area contributed by atoms with Gasteiger partial charge in [0, 0.05) is 12.0 Å². The minimum Gasteiger partial charge on any atom is -0.497 e. The predicted octanol–water partition coefficient (Wildman–Crippen LogP) is 2.68. The number of benzene rings is 1. The van der Waals surface area contributed by atoms with Gasteiger partial charge >= 0.3 is 6.18 Å². The van der Waals surface area contributed by atoms with E-state index < -0.39 is 23.7 Å². The first-order valence-corrected chi connectivity index (χ1v) is 6.92. The van der Waals surface area contributed by atoms with Gasteiger partial charge in [-0.3, -0.25) is 10.2 Å². The number of nitrogens with one attached hydrogen (secondary N) is 1. The van der Waals surface area contributed by atoms with Crippen molar-refractivity contribution in [3.63, 3.8) is 0 Å². The Morgan fingerprint density at radius 3 is 2.32 bits per heavy atom. The largest absolute Gasteiger partial charge is 0.497 e. The topological polar surface area (TPSA) is 41.6 Å². The molecule has 1 unspecified atom stereocenters. The zero-order valence-corrected chi connectivity index (χ0v) is 12.7. The number of carbonyl (C=O) groups is 1. The van der Waals surface area contributed by atoms with Gasteiger partial charge in [0.1, 0.15) is 11.8 Å². The first-order chi connectivity index (χ1) is 10.1. The molecule has 7 heteroatoms. The predicted molar refractivity (Wildman–Crippen MR) is 75.2 cm³/mol. The van der Waals surface area contributed by atoms with Crippen LogP contribution in [0.2, 0.25) is 0 Å². The van der Waals surface area contributed by atoms with Crippen molar-refractivity contribution in [3.8, 4) is 5.75 Å². The Labute approximate surface area is 127 Å². The van der Waals surface area contributed by atoms with E-state index in [0.717, 1.165) is 5.01 Å². The molecule has 1 N–H and O–H groups in total. The van der Waals surface area contributed by atoms with E-state index in [1.165, 1.54) is 7.11 Å². The summed E-state index contributed by atoms with van der Waals surface area (Å²) < 4.78 is 45.4. The Morgan fingerprint density at radius 1 is 1.32 bits per heavy atom. The van der Waals surface area contributed by atoms with Gasteiger partial charge in [0.25, 0.3) is 0 Å². The standard InChI is InChI=1S/C15H19F3N2O2/c1-14(2)9-13(21)19-20(14)12(15(16,17)18)8-10-4-6-11(22-3)7-5-10/h4-7,12H,8-9H2,1-3H3,(H,19,21). The van der Waals surface area contributed by atoms with Crippen LogP contribution in [0, 0.1) is 0 Å². The van der Waals surface area contributed by atoms with Crippen LogP contribution in [0.5, 0.6) is 5.75 Å². The summed E-state index contributed by atoms with van der Waals surface area (Å²) >= 11 is 0. The van der Waals surface area contributed by atoms with Gasteiger partial charge in [0.05, 0.1) is 7.11 Å². The summed E-state index contributed by atoms with van der Waals surface area (Å²) in [5.74, 6) is 0.191. The van der Waals surface area contributed by atoms with E-state index in [-0.39, 0.29) is 12.8 Å². The molecule has 122 valence electrons. The van der Waals surface area contributed by atoms with Crippen LogP contribution in [0.1, 0.15) is 25.8 Å². The van der Waals surface area contributed by atoms with Crippen LogP contribution in [0.3, 0.4) is 0 Å². The van der Waals surface area contributed by atoms with Crippen LogP contribution in [-0.2, 0) is 11.2 Å². The van der Waals surface area contributed by atoms with Gasteiger partial charge in [-0.1, -0.05) is 12.1 Å². The van der Waals surface area contributed by atoms with Crippen molar-refractivity contribution in [2.45, 2.75) is 44.4 Å². The number of rotatable bonds is 4. The van der Waals surface area contributed by atoms with Gasteiger partial charge in [-0.15, -0.1) is 0 Å².